The van der Waals surface area contributed by atoms with Gasteiger partial charge in [-0.1, -0.05) is 30.3 Å². The minimum Gasteiger partial charge on any atom is -0.343 e. The molecule has 0 aliphatic heterocycles. The molecule has 8 heteroatoms. The number of para-hydroxylation sites is 1. The van der Waals surface area contributed by atoms with E-state index in [0.717, 1.165) is 6.07 Å². The van der Waals surface area contributed by atoms with Gasteiger partial charge in [-0.15, -0.1) is 0 Å². The van der Waals surface area contributed by atoms with Crippen LogP contribution in [-0.2, 0) is 11.8 Å². The third-order valence-electron chi connectivity index (χ3n) is 4.35. The summed E-state index contributed by atoms with van der Waals surface area (Å²) < 4.78 is 16.7. The minimum atomic E-state index is -0.709. The Bertz CT molecular complexity index is 1090. The second kappa shape index (κ2) is 7.91. The molecule has 7 nitrogen and oxygen atoms in total. The molecule has 2 aromatic carbocycles. The number of carbonyl (C=O) groups excluding carboxylic acids is 2. The van der Waals surface area contributed by atoms with Crippen LogP contribution in [0.2, 0.25) is 0 Å². The molecule has 0 spiro atoms. The first-order valence-corrected chi connectivity index (χ1v) is 8.56. The van der Waals surface area contributed by atoms with Gasteiger partial charge < -0.3 is 10.6 Å². The maximum Gasteiger partial charge on any atom is 0.295 e. The number of nitrogens with zero attached hydrogens (tertiary/aromatic N) is 2. The van der Waals surface area contributed by atoms with Gasteiger partial charge >= 0.3 is 0 Å². The maximum absolute atomic E-state index is 13.6. The fourth-order valence-corrected chi connectivity index (χ4v) is 2.80. The summed E-state index contributed by atoms with van der Waals surface area (Å²) in [6.07, 6.45) is 0. The van der Waals surface area contributed by atoms with Crippen molar-refractivity contribution in [3.8, 4) is 5.69 Å². The molecule has 1 aromatic heterocycles. The number of hydrogen-bond donors (Lipinski definition) is 2. The first kappa shape index (κ1) is 19.1. The Balaban J connectivity index is 1.74. The Labute approximate surface area is 160 Å². The lowest BCUT2D eigenvalue weighted by atomic mass is 10.2. The van der Waals surface area contributed by atoms with Crippen LogP contribution in [0.25, 0.3) is 5.69 Å². The molecule has 144 valence electrons. The molecule has 2 amide bonds. The zero-order valence-corrected chi connectivity index (χ0v) is 15.4. The summed E-state index contributed by atoms with van der Waals surface area (Å²) in [5.41, 5.74) is 0.795. The molecule has 0 saturated heterocycles. The Hall–Kier alpha value is -3.68. The lowest BCUT2D eigenvalue weighted by Gasteiger charge is -2.07. The molecule has 1 heterocycles. The number of amides is 2. The summed E-state index contributed by atoms with van der Waals surface area (Å²) in [6.45, 7) is 1.31. The molecule has 3 aromatic rings. The Kier molecular flexibility index (Phi) is 5.39. The van der Waals surface area contributed by atoms with Gasteiger partial charge in [-0.2, -0.15) is 0 Å². The number of rotatable bonds is 5. The van der Waals surface area contributed by atoms with Gasteiger partial charge in [0.2, 0.25) is 5.91 Å². The van der Waals surface area contributed by atoms with E-state index in [9.17, 15) is 18.8 Å². The molecule has 0 atom stereocenters. The van der Waals surface area contributed by atoms with Crippen molar-refractivity contribution in [1.82, 2.24) is 14.7 Å². The van der Waals surface area contributed by atoms with E-state index in [1.807, 2.05) is 6.07 Å². The molecule has 0 saturated carbocycles. The van der Waals surface area contributed by atoms with E-state index in [0.29, 0.717) is 11.4 Å². The summed E-state index contributed by atoms with van der Waals surface area (Å²) in [6, 6.07) is 14.5. The van der Waals surface area contributed by atoms with Crippen LogP contribution in [0.3, 0.4) is 0 Å². The van der Waals surface area contributed by atoms with Gasteiger partial charge in [0.15, 0.2) is 0 Å². The first-order chi connectivity index (χ1) is 13.4. The molecule has 0 aliphatic carbocycles. The zero-order chi connectivity index (χ0) is 20.3. The summed E-state index contributed by atoms with van der Waals surface area (Å²) in [4.78, 5) is 37.0. The van der Waals surface area contributed by atoms with E-state index in [-0.39, 0.29) is 16.8 Å². The highest BCUT2D eigenvalue weighted by molar-refractivity contribution is 5.99. The Morgan fingerprint density at radius 1 is 1.04 bits per heavy atom. The van der Waals surface area contributed by atoms with Crippen LogP contribution in [0.5, 0.6) is 0 Å². The van der Waals surface area contributed by atoms with Crippen LogP contribution in [0.4, 0.5) is 10.1 Å². The van der Waals surface area contributed by atoms with Gasteiger partial charge in [-0.25, -0.2) is 9.07 Å². The molecule has 0 bridgehead atoms. The molecular formula is C20H19FN4O3. The summed E-state index contributed by atoms with van der Waals surface area (Å²) >= 11 is 0. The highest BCUT2D eigenvalue weighted by atomic mass is 19.1. The predicted octanol–water partition coefficient (Wildman–Crippen LogP) is 1.99. The summed E-state index contributed by atoms with van der Waals surface area (Å²) in [7, 11) is 1.71. The number of hydrogen-bond acceptors (Lipinski definition) is 3. The van der Waals surface area contributed by atoms with Gasteiger partial charge in [0.05, 0.1) is 23.5 Å². The van der Waals surface area contributed by atoms with E-state index < -0.39 is 24.2 Å². The van der Waals surface area contributed by atoms with Crippen molar-refractivity contribution in [1.29, 1.82) is 0 Å². The average molecular weight is 382 g/mol. The van der Waals surface area contributed by atoms with E-state index in [4.69, 9.17) is 0 Å². The van der Waals surface area contributed by atoms with Crippen molar-refractivity contribution in [2.75, 3.05) is 11.9 Å². The van der Waals surface area contributed by atoms with Crippen LogP contribution in [0.15, 0.2) is 59.4 Å². The summed E-state index contributed by atoms with van der Waals surface area (Å²) in [5, 5.41) is 4.87. The maximum atomic E-state index is 13.6. The number of aromatic nitrogens is 2. The lowest BCUT2D eigenvalue weighted by molar-refractivity contribution is -0.115. The molecule has 2 N–H and O–H groups in total. The highest BCUT2D eigenvalue weighted by Gasteiger charge is 2.19. The largest absolute Gasteiger partial charge is 0.343 e. The normalized spacial score (nSPS) is 10.5. The third-order valence-corrected chi connectivity index (χ3v) is 4.35. The van der Waals surface area contributed by atoms with Crippen molar-refractivity contribution in [2.45, 2.75) is 6.92 Å². The second-order valence-corrected chi connectivity index (χ2v) is 6.15. The lowest BCUT2D eigenvalue weighted by Crippen LogP contribution is -2.34. The number of anilines is 1. The molecule has 0 radical (unpaired) electrons. The van der Waals surface area contributed by atoms with E-state index >= 15 is 0 Å². The Morgan fingerprint density at radius 2 is 1.68 bits per heavy atom. The Morgan fingerprint density at radius 3 is 2.36 bits per heavy atom. The molecule has 0 unspecified atom stereocenters. The van der Waals surface area contributed by atoms with Crippen molar-refractivity contribution in [3.63, 3.8) is 0 Å². The fraction of sp³-hybridized carbons (Fsp3) is 0.150. The SMILES string of the molecule is Cc1c(NC(=O)CNC(=O)c2ccccc2F)c(=O)n(-c2ccccc2)n1C. The molecule has 0 fully saturated rings. The van der Waals surface area contributed by atoms with E-state index in [1.54, 1.807) is 42.9 Å². The predicted molar refractivity (Wildman–Crippen MR) is 103 cm³/mol. The average Bonchev–Trinajstić information content (AvgIpc) is 2.90. The van der Waals surface area contributed by atoms with Crippen LogP contribution in [0, 0.1) is 12.7 Å². The molecule has 0 aliphatic rings. The second-order valence-electron chi connectivity index (χ2n) is 6.15. The van der Waals surface area contributed by atoms with E-state index in [1.165, 1.54) is 22.9 Å². The third kappa shape index (κ3) is 3.71. The topological polar surface area (TPSA) is 85.1 Å². The highest BCUT2D eigenvalue weighted by Crippen LogP contribution is 2.13. The van der Waals surface area contributed by atoms with Crippen LogP contribution in [0.1, 0.15) is 16.1 Å². The van der Waals surface area contributed by atoms with Crippen molar-refractivity contribution >= 4 is 17.5 Å². The van der Waals surface area contributed by atoms with E-state index in [2.05, 4.69) is 10.6 Å². The van der Waals surface area contributed by atoms with Crippen LogP contribution in [-0.4, -0.2) is 27.7 Å². The monoisotopic (exact) mass is 382 g/mol. The number of benzene rings is 2. The zero-order valence-electron chi connectivity index (χ0n) is 15.4. The van der Waals surface area contributed by atoms with Crippen molar-refractivity contribution in [2.24, 2.45) is 7.05 Å². The smallest absolute Gasteiger partial charge is 0.295 e. The standard InChI is InChI=1S/C20H19FN4O3/c1-13-18(20(28)25(24(13)2)14-8-4-3-5-9-14)23-17(26)12-22-19(27)15-10-6-7-11-16(15)21/h3-11H,12H2,1-2H3,(H,22,27)(H,23,26). The minimum absolute atomic E-state index is 0.122. The van der Waals surface area contributed by atoms with Crippen LogP contribution >= 0.6 is 0 Å². The van der Waals surface area contributed by atoms with Gasteiger partial charge in [0, 0.05) is 7.05 Å². The molecule has 28 heavy (non-hydrogen) atoms. The first-order valence-electron chi connectivity index (χ1n) is 8.56. The van der Waals surface area contributed by atoms with Gasteiger partial charge in [0.1, 0.15) is 11.5 Å². The number of nitrogens with one attached hydrogen (secondary N) is 2. The quantitative estimate of drug-likeness (QED) is 0.708. The summed E-state index contributed by atoms with van der Waals surface area (Å²) in [5.74, 6) is -1.97. The van der Waals surface area contributed by atoms with Gasteiger partial charge in [0.25, 0.3) is 11.5 Å². The number of carbonyl (C=O) groups is 2. The van der Waals surface area contributed by atoms with Gasteiger partial charge in [-0.05, 0) is 31.2 Å². The van der Waals surface area contributed by atoms with Crippen molar-refractivity contribution in [3.05, 3.63) is 82.0 Å². The van der Waals surface area contributed by atoms with Crippen molar-refractivity contribution < 1.29 is 14.0 Å². The van der Waals surface area contributed by atoms with Gasteiger partial charge in [-0.3, -0.25) is 19.1 Å². The van der Waals surface area contributed by atoms with Crippen LogP contribution < -0.4 is 16.2 Å². The number of halogens is 1. The molecular weight excluding hydrogens is 363 g/mol. The fourth-order valence-electron chi connectivity index (χ4n) is 2.80. The molecule has 3 rings (SSSR count).